The average molecular weight is 293 g/mol. The van der Waals surface area contributed by atoms with Crippen LogP contribution in [0.3, 0.4) is 0 Å². The maximum atomic E-state index is 11.0. The van der Waals surface area contributed by atoms with Crippen molar-refractivity contribution < 1.29 is 9.66 Å². The highest BCUT2D eigenvalue weighted by atomic mass is 35.5. The van der Waals surface area contributed by atoms with Crippen LogP contribution in [0.15, 0.2) is 30.5 Å². The Hall–Kier alpha value is -2.14. The number of nitrogens with zero attached hydrogens (tertiary/aromatic N) is 2. The second kappa shape index (κ2) is 5.88. The molecule has 0 fully saturated rings. The molecule has 20 heavy (non-hydrogen) atoms. The first kappa shape index (κ1) is 14.3. The Balaban J connectivity index is 2.22. The Labute approximate surface area is 121 Å². The first-order valence-corrected chi connectivity index (χ1v) is 6.34. The van der Waals surface area contributed by atoms with Gasteiger partial charge in [0.15, 0.2) is 0 Å². The molecule has 0 atom stereocenters. The Morgan fingerprint density at radius 2 is 2.15 bits per heavy atom. The van der Waals surface area contributed by atoms with Gasteiger partial charge < -0.3 is 4.74 Å². The minimum atomic E-state index is -0.394. The van der Waals surface area contributed by atoms with Crippen LogP contribution in [0.4, 0.5) is 5.69 Å². The molecule has 0 N–H and O–H groups in total. The third-order valence-electron chi connectivity index (χ3n) is 2.93. The van der Waals surface area contributed by atoms with Gasteiger partial charge in [-0.3, -0.25) is 15.1 Å². The molecule has 1 heterocycles. The van der Waals surface area contributed by atoms with Gasteiger partial charge in [-0.2, -0.15) is 0 Å². The molecule has 0 saturated carbocycles. The highest BCUT2D eigenvalue weighted by molar-refractivity contribution is 6.30. The van der Waals surface area contributed by atoms with E-state index in [1.165, 1.54) is 6.20 Å². The summed E-state index contributed by atoms with van der Waals surface area (Å²) in [5.74, 6) is 0.599. The van der Waals surface area contributed by atoms with Crippen LogP contribution in [-0.2, 0) is 6.61 Å². The van der Waals surface area contributed by atoms with Gasteiger partial charge in [-0.1, -0.05) is 17.7 Å². The predicted molar refractivity (Wildman–Crippen MR) is 76.1 cm³/mol. The number of ether oxygens (including phenoxy) is 1. The van der Waals surface area contributed by atoms with E-state index in [9.17, 15) is 10.1 Å². The SMILES string of the molecule is Cc1cnc(COc2cccc(Cl)c2)c(C)c1[N+](=O)[O-]. The Morgan fingerprint density at radius 3 is 2.80 bits per heavy atom. The van der Waals surface area contributed by atoms with Crippen LogP contribution in [-0.4, -0.2) is 9.91 Å². The summed E-state index contributed by atoms with van der Waals surface area (Å²) in [6.45, 7) is 3.50. The molecule has 104 valence electrons. The van der Waals surface area contributed by atoms with Gasteiger partial charge in [-0.15, -0.1) is 0 Å². The molecular formula is C14H13ClN2O3. The number of aryl methyl sites for hydroxylation is 1. The van der Waals surface area contributed by atoms with E-state index in [0.717, 1.165) is 0 Å². The molecule has 0 aliphatic carbocycles. The van der Waals surface area contributed by atoms with Crippen molar-refractivity contribution in [3.63, 3.8) is 0 Å². The maximum Gasteiger partial charge on any atom is 0.278 e. The van der Waals surface area contributed by atoms with Crippen LogP contribution >= 0.6 is 11.6 Å². The molecule has 1 aromatic heterocycles. The highest BCUT2D eigenvalue weighted by Gasteiger charge is 2.18. The number of rotatable bonds is 4. The predicted octanol–water partition coefficient (Wildman–Crippen LogP) is 3.84. The zero-order valence-corrected chi connectivity index (χ0v) is 11.8. The molecule has 0 radical (unpaired) electrons. The highest BCUT2D eigenvalue weighted by Crippen LogP contribution is 2.25. The van der Waals surface area contributed by atoms with E-state index < -0.39 is 4.92 Å². The van der Waals surface area contributed by atoms with Crippen molar-refractivity contribution in [2.75, 3.05) is 0 Å². The molecule has 0 aliphatic heterocycles. The fourth-order valence-electron chi connectivity index (χ4n) is 1.90. The summed E-state index contributed by atoms with van der Waals surface area (Å²) in [5.41, 5.74) is 1.70. The normalized spacial score (nSPS) is 10.3. The third kappa shape index (κ3) is 3.05. The summed E-state index contributed by atoms with van der Waals surface area (Å²) < 4.78 is 5.56. The molecule has 6 heteroatoms. The zero-order chi connectivity index (χ0) is 14.7. The quantitative estimate of drug-likeness (QED) is 0.634. The lowest BCUT2D eigenvalue weighted by Crippen LogP contribution is -2.05. The van der Waals surface area contributed by atoms with Crippen LogP contribution < -0.4 is 4.74 Å². The summed E-state index contributed by atoms with van der Waals surface area (Å²) in [6, 6.07) is 6.97. The minimum absolute atomic E-state index is 0.0877. The van der Waals surface area contributed by atoms with Crippen molar-refractivity contribution in [1.82, 2.24) is 4.98 Å². The fourth-order valence-corrected chi connectivity index (χ4v) is 2.08. The molecule has 0 aliphatic rings. The van der Waals surface area contributed by atoms with Gasteiger partial charge in [0.1, 0.15) is 12.4 Å². The smallest absolute Gasteiger partial charge is 0.278 e. The molecule has 0 amide bonds. The van der Waals surface area contributed by atoms with Gasteiger partial charge in [-0.05, 0) is 32.0 Å². The molecule has 0 unspecified atom stereocenters. The van der Waals surface area contributed by atoms with Crippen LogP contribution in [0.2, 0.25) is 5.02 Å². The monoisotopic (exact) mass is 292 g/mol. The second-order valence-corrected chi connectivity index (χ2v) is 4.80. The van der Waals surface area contributed by atoms with E-state index in [4.69, 9.17) is 16.3 Å². The van der Waals surface area contributed by atoms with Gasteiger partial charge in [0.2, 0.25) is 0 Å². The van der Waals surface area contributed by atoms with Crippen molar-refractivity contribution >= 4 is 17.3 Å². The topological polar surface area (TPSA) is 65.3 Å². The van der Waals surface area contributed by atoms with Crippen molar-refractivity contribution in [2.45, 2.75) is 20.5 Å². The van der Waals surface area contributed by atoms with E-state index in [2.05, 4.69) is 4.98 Å². The number of nitro groups is 1. The van der Waals surface area contributed by atoms with Crippen molar-refractivity contribution in [2.24, 2.45) is 0 Å². The van der Waals surface area contributed by atoms with Gasteiger partial charge in [0.05, 0.1) is 16.2 Å². The summed E-state index contributed by atoms with van der Waals surface area (Å²) >= 11 is 5.86. The number of benzene rings is 1. The van der Waals surface area contributed by atoms with Crippen LogP contribution in [0, 0.1) is 24.0 Å². The lowest BCUT2D eigenvalue weighted by atomic mass is 10.1. The Kier molecular flexibility index (Phi) is 4.20. The number of pyridine rings is 1. The van der Waals surface area contributed by atoms with E-state index in [0.29, 0.717) is 27.6 Å². The Morgan fingerprint density at radius 1 is 1.40 bits per heavy atom. The first-order valence-electron chi connectivity index (χ1n) is 5.97. The first-order chi connectivity index (χ1) is 9.49. The van der Waals surface area contributed by atoms with Gasteiger partial charge in [0, 0.05) is 16.8 Å². The van der Waals surface area contributed by atoms with E-state index in [1.54, 1.807) is 38.1 Å². The standard InChI is InChI=1S/C14H13ClN2O3/c1-9-7-16-13(10(2)14(9)17(18)19)8-20-12-5-3-4-11(15)6-12/h3-7H,8H2,1-2H3. The second-order valence-electron chi connectivity index (χ2n) is 4.36. The number of halogens is 1. The molecule has 0 saturated heterocycles. The van der Waals surface area contributed by atoms with Crippen LogP contribution in [0.5, 0.6) is 5.75 Å². The number of aromatic nitrogens is 1. The molecule has 1 aromatic carbocycles. The van der Waals surface area contributed by atoms with Gasteiger partial charge in [0.25, 0.3) is 5.69 Å². The largest absolute Gasteiger partial charge is 0.487 e. The van der Waals surface area contributed by atoms with Crippen molar-refractivity contribution in [3.05, 3.63) is 62.4 Å². The summed E-state index contributed by atoms with van der Waals surface area (Å²) in [5, 5.41) is 11.6. The van der Waals surface area contributed by atoms with Crippen LogP contribution in [0.25, 0.3) is 0 Å². The number of hydrogen-bond acceptors (Lipinski definition) is 4. The molecular weight excluding hydrogens is 280 g/mol. The fraction of sp³-hybridized carbons (Fsp3) is 0.214. The van der Waals surface area contributed by atoms with E-state index in [-0.39, 0.29) is 12.3 Å². The summed E-state index contributed by atoms with van der Waals surface area (Å²) in [7, 11) is 0. The summed E-state index contributed by atoms with van der Waals surface area (Å²) in [4.78, 5) is 14.8. The molecule has 2 aromatic rings. The average Bonchev–Trinajstić information content (AvgIpc) is 2.37. The van der Waals surface area contributed by atoms with Gasteiger partial charge >= 0.3 is 0 Å². The number of hydrogen-bond donors (Lipinski definition) is 0. The molecule has 5 nitrogen and oxygen atoms in total. The van der Waals surface area contributed by atoms with Gasteiger partial charge in [-0.25, -0.2) is 0 Å². The molecule has 0 spiro atoms. The Bertz CT molecular complexity index is 659. The molecule has 2 rings (SSSR count). The van der Waals surface area contributed by atoms with Crippen LogP contribution in [0.1, 0.15) is 16.8 Å². The van der Waals surface area contributed by atoms with E-state index >= 15 is 0 Å². The summed E-state index contributed by atoms with van der Waals surface area (Å²) in [6.07, 6.45) is 1.49. The lowest BCUT2D eigenvalue weighted by molar-refractivity contribution is -0.386. The van der Waals surface area contributed by atoms with Crippen molar-refractivity contribution in [3.8, 4) is 5.75 Å². The van der Waals surface area contributed by atoms with E-state index in [1.807, 2.05) is 0 Å². The van der Waals surface area contributed by atoms with Crippen molar-refractivity contribution in [1.29, 1.82) is 0 Å². The zero-order valence-electron chi connectivity index (χ0n) is 11.1. The minimum Gasteiger partial charge on any atom is -0.487 e. The third-order valence-corrected chi connectivity index (χ3v) is 3.16. The lowest BCUT2D eigenvalue weighted by Gasteiger charge is -2.09. The molecule has 0 bridgehead atoms. The maximum absolute atomic E-state index is 11.0.